The van der Waals surface area contributed by atoms with Gasteiger partial charge in [-0.05, 0) is 63.9 Å². The van der Waals surface area contributed by atoms with Crippen LogP contribution in [0.3, 0.4) is 0 Å². The fourth-order valence-electron chi connectivity index (χ4n) is 3.31. The number of amides is 3. The van der Waals surface area contributed by atoms with Crippen molar-refractivity contribution >= 4 is 23.6 Å². The molecule has 0 aromatic heterocycles. The summed E-state index contributed by atoms with van der Waals surface area (Å²) in [6.45, 7) is 7.86. The van der Waals surface area contributed by atoms with E-state index in [0.29, 0.717) is 11.3 Å². The van der Waals surface area contributed by atoms with Crippen molar-refractivity contribution in [2.24, 2.45) is 0 Å². The van der Waals surface area contributed by atoms with Crippen molar-refractivity contribution in [3.8, 4) is 5.75 Å². The van der Waals surface area contributed by atoms with Gasteiger partial charge < -0.3 is 30.5 Å². The number of anilines is 1. The SMILES string of the molecule is Cc1ccccc1NC(=O)C(c1ccc(O)cc1)N(CCO)C(=O)C(C)NC(=O)OC(C)(C)C. The molecular formula is C25H33N3O6. The molecule has 0 saturated heterocycles. The summed E-state index contributed by atoms with van der Waals surface area (Å²) >= 11 is 0. The summed E-state index contributed by atoms with van der Waals surface area (Å²) in [5, 5.41) is 24.7. The highest BCUT2D eigenvalue weighted by Gasteiger charge is 2.34. The summed E-state index contributed by atoms with van der Waals surface area (Å²) < 4.78 is 5.22. The Kier molecular flexibility index (Phi) is 9.03. The first-order valence-electron chi connectivity index (χ1n) is 11.0. The minimum atomic E-state index is -1.14. The van der Waals surface area contributed by atoms with Gasteiger partial charge in [0.1, 0.15) is 23.4 Å². The maximum absolute atomic E-state index is 13.4. The lowest BCUT2D eigenvalue weighted by Crippen LogP contribution is -2.52. The van der Waals surface area contributed by atoms with E-state index in [0.717, 1.165) is 5.56 Å². The monoisotopic (exact) mass is 471 g/mol. The van der Waals surface area contributed by atoms with Gasteiger partial charge in [0.25, 0.3) is 5.91 Å². The summed E-state index contributed by atoms with van der Waals surface area (Å²) in [6.07, 6.45) is -0.775. The summed E-state index contributed by atoms with van der Waals surface area (Å²) in [4.78, 5) is 40.2. The van der Waals surface area contributed by atoms with Crippen molar-refractivity contribution in [3.63, 3.8) is 0 Å². The predicted molar refractivity (Wildman–Crippen MR) is 128 cm³/mol. The first-order valence-corrected chi connectivity index (χ1v) is 11.0. The van der Waals surface area contributed by atoms with Crippen LogP contribution < -0.4 is 10.6 Å². The molecule has 0 spiro atoms. The normalized spacial score (nSPS) is 12.9. The Balaban J connectivity index is 2.38. The zero-order valence-corrected chi connectivity index (χ0v) is 20.2. The van der Waals surface area contributed by atoms with Crippen LogP contribution in [-0.4, -0.2) is 57.8 Å². The molecule has 0 fully saturated rings. The van der Waals surface area contributed by atoms with Crippen LogP contribution in [0.15, 0.2) is 48.5 Å². The number of hydrogen-bond donors (Lipinski definition) is 4. The molecule has 0 heterocycles. The number of rotatable bonds is 8. The Hall–Kier alpha value is -3.59. The number of hydrogen-bond acceptors (Lipinski definition) is 6. The number of nitrogens with one attached hydrogen (secondary N) is 2. The highest BCUT2D eigenvalue weighted by Crippen LogP contribution is 2.26. The molecule has 2 rings (SSSR count). The molecule has 2 atom stereocenters. The number of phenolic OH excluding ortho intramolecular Hbond substituents is 1. The van der Waals surface area contributed by atoms with E-state index in [9.17, 15) is 24.6 Å². The number of aryl methyl sites for hydroxylation is 1. The average molecular weight is 472 g/mol. The molecule has 9 nitrogen and oxygen atoms in total. The average Bonchev–Trinajstić information content (AvgIpc) is 2.74. The van der Waals surface area contributed by atoms with E-state index in [4.69, 9.17) is 4.74 Å². The van der Waals surface area contributed by atoms with Gasteiger partial charge in [0, 0.05) is 12.2 Å². The first kappa shape index (κ1) is 26.7. The topological polar surface area (TPSA) is 128 Å². The minimum absolute atomic E-state index is 0.00167. The Labute approximate surface area is 199 Å². The Morgan fingerprint density at radius 3 is 2.24 bits per heavy atom. The molecule has 2 aromatic rings. The van der Waals surface area contributed by atoms with E-state index >= 15 is 0 Å². The van der Waals surface area contributed by atoms with Gasteiger partial charge >= 0.3 is 6.09 Å². The van der Waals surface area contributed by atoms with Gasteiger partial charge in [-0.15, -0.1) is 0 Å². The molecule has 34 heavy (non-hydrogen) atoms. The van der Waals surface area contributed by atoms with Crippen molar-refractivity contribution in [1.82, 2.24) is 10.2 Å². The van der Waals surface area contributed by atoms with E-state index in [1.165, 1.54) is 36.1 Å². The summed E-state index contributed by atoms with van der Waals surface area (Å²) in [6, 6.07) is 10.9. The van der Waals surface area contributed by atoms with Crippen LogP contribution in [0.5, 0.6) is 5.75 Å². The maximum Gasteiger partial charge on any atom is 0.408 e. The lowest BCUT2D eigenvalue weighted by Gasteiger charge is -2.33. The van der Waals surface area contributed by atoms with Crippen molar-refractivity contribution in [3.05, 3.63) is 59.7 Å². The molecule has 9 heteroatoms. The second-order valence-corrected chi connectivity index (χ2v) is 8.92. The predicted octanol–water partition coefficient (Wildman–Crippen LogP) is 3.11. The van der Waals surface area contributed by atoms with Gasteiger partial charge in [0.15, 0.2) is 0 Å². The summed E-state index contributed by atoms with van der Waals surface area (Å²) in [5.41, 5.74) is 1.09. The zero-order valence-electron chi connectivity index (χ0n) is 20.2. The molecule has 2 aromatic carbocycles. The van der Waals surface area contributed by atoms with Gasteiger partial charge in [0.05, 0.1) is 6.61 Å². The maximum atomic E-state index is 13.4. The van der Waals surface area contributed by atoms with Crippen molar-refractivity contribution < 1.29 is 29.3 Å². The number of aliphatic hydroxyl groups is 1. The van der Waals surface area contributed by atoms with E-state index in [2.05, 4.69) is 10.6 Å². The van der Waals surface area contributed by atoms with Crippen molar-refractivity contribution in [2.45, 2.75) is 52.3 Å². The molecule has 0 aliphatic heterocycles. The van der Waals surface area contributed by atoms with Crippen LogP contribution in [0.2, 0.25) is 0 Å². The third-order valence-electron chi connectivity index (χ3n) is 4.90. The number of ether oxygens (including phenoxy) is 1. The molecule has 3 amide bonds. The number of nitrogens with zero attached hydrogens (tertiary/aromatic N) is 1. The number of phenols is 1. The number of aromatic hydroxyl groups is 1. The standard InChI is InChI=1S/C25H33N3O6/c1-16-8-6-7-9-20(16)27-22(31)21(18-10-12-19(30)13-11-18)28(14-15-29)23(32)17(2)26-24(33)34-25(3,4)5/h6-13,17,21,29-30H,14-15H2,1-5H3,(H,26,33)(H,27,31). The van der Waals surface area contributed by atoms with E-state index < -0.39 is 42.2 Å². The quantitative estimate of drug-likeness (QED) is 0.468. The molecule has 4 N–H and O–H groups in total. The molecule has 0 bridgehead atoms. The third-order valence-corrected chi connectivity index (χ3v) is 4.90. The minimum Gasteiger partial charge on any atom is -0.508 e. The van der Waals surface area contributed by atoms with Crippen LogP contribution in [0, 0.1) is 6.92 Å². The van der Waals surface area contributed by atoms with Gasteiger partial charge in [-0.25, -0.2) is 4.79 Å². The lowest BCUT2D eigenvalue weighted by atomic mass is 10.0. The van der Waals surface area contributed by atoms with Gasteiger partial charge in [-0.1, -0.05) is 30.3 Å². The van der Waals surface area contributed by atoms with Crippen molar-refractivity contribution in [2.75, 3.05) is 18.5 Å². The van der Waals surface area contributed by atoms with E-state index in [1.807, 2.05) is 19.1 Å². The van der Waals surface area contributed by atoms with Gasteiger partial charge in [-0.3, -0.25) is 9.59 Å². The molecule has 0 aliphatic carbocycles. The number of benzene rings is 2. The van der Waals surface area contributed by atoms with Gasteiger partial charge in [-0.2, -0.15) is 0 Å². The smallest absolute Gasteiger partial charge is 0.408 e. The number of carbonyl (C=O) groups excluding carboxylic acids is 3. The zero-order chi connectivity index (χ0) is 25.5. The van der Waals surface area contributed by atoms with Gasteiger partial charge in [0.2, 0.25) is 5.91 Å². The Morgan fingerprint density at radius 2 is 1.68 bits per heavy atom. The number of para-hydroxylation sites is 1. The number of carbonyl (C=O) groups is 3. The Morgan fingerprint density at radius 1 is 1.06 bits per heavy atom. The van der Waals surface area contributed by atoms with Crippen LogP contribution >= 0.6 is 0 Å². The highest BCUT2D eigenvalue weighted by atomic mass is 16.6. The fraction of sp³-hybridized carbons (Fsp3) is 0.400. The van der Waals surface area contributed by atoms with Crippen LogP contribution in [0.1, 0.15) is 44.9 Å². The molecule has 2 unspecified atom stereocenters. The first-order chi connectivity index (χ1) is 15.9. The van der Waals surface area contributed by atoms with E-state index in [1.54, 1.807) is 32.9 Å². The summed E-state index contributed by atoms with van der Waals surface area (Å²) in [5.74, 6) is -1.09. The third kappa shape index (κ3) is 7.48. The molecule has 0 aliphatic rings. The molecular weight excluding hydrogens is 438 g/mol. The largest absolute Gasteiger partial charge is 0.508 e. The number of aliphatic hydroxyl groups excluding tert-OH is 1. The molecule has 0 saturated carbocycles. The van der Waals surface area contributed by atoms with Crippen molar-refractivity contribution in [1.29, 1.82) is 0 Å². The van der Waals surface area contributed by atoms with Crippen LogP contribution in [0.4, 0.5) is 10.5 Å². The number of alkyl carbamates (subject to hydrolysis) is 1. The highest BCUT2D eigenvalue weighted by molar-refractivity contribution is 5.99. The lowest BCUT2D eigenvalue weighted by molar-refractivity contribution is -0.141. The Bertz CT molecular complexity index is 1000. The molecule has 0 radical (unpaired) electrons. The second-order valence-electron chi connectivity index (χ2n) is 8.92. The summed E-state index contributed by atoms with van der Waals surface area (Å²) in [7, 11) is 0. The second kappa shape index (κ2) is 11.5. The van der Waals surface area contributed by atoms with Crippen LogP contribution in [0.25, 0.3) is 0 Å². The van der Waals surface area contributed by atoms with Crippen LogP contribution in [-0.2, 0) is 14.3 Å². The fourth-order valence-corrected chi connectivity index (χ4v) is 3.31. The molecule has 184 valence electrons. The van der Waals surface area contributed by atoms with E-state index in [-0.39, 0.29) is 12.3 Å².